The molecule has 0 bridgehead atoms. The Morgan fingerprint density at radius 3 is 2.64 bits per heavy atom. The van der Waals surface area contributed by atoms with Crippen molar-refractivity contribution in [3.05, 3.63) is 25.3 Å². The van der Waals surface area contributed by atoms with Gasteiger partial charge in [0.25, 0.3) is 0 Å². The summed E-state index contributed by atoms with van der Waals surface area (Å²) in [7, 11) is 0. The van der Waals surface area contributed by atoms with Gasteiger partial charge in [0.05, 0.1) is 0 Å². The minimum atomic E-state index is -2.25. The third kappa shape index (κ3) is 1.11. The summed E-state index contributed by atoms with van der Waals surface area (Å²) in [5.74, 6) is -2.25. The monoisotopic (exact) mass is 158 g/mol. The zero-order valence-corrected chi connectivity index (χ0v) is 5.75. The molecule has 1 aliphatic heterocycles. The van der Waals surface area contributed by atoms with Gasteiger partial charge in [-0.05, 0) is 12.2 Å². The van der Waals surface area contributed by atoms with Crippen molar-refractivity contribution >= 4 is 6.16 Å². The van der Waals surface area contributed by atoms with Crippen LogP contribution in [0.15, 0.2) is 25.3 Å². The molecule has 1 heterocycles. The van der Waals surface area contributed by atoms with E-state index in [1.807, 2.05) is 0 Å². The molecule has 0 radical (unpaired) electrons. The molecule has 0 aromatic rings. The lowest BCUT2D eigenvalue weighted by atomic mass is 10.2. The van der Waals surface area contributed by atoms with Crippen LogP contribution in [0, 0.1) is 0 Å². The first-order valence-electron chi connectivity index (χ1n) is 2.97. The van der Waals surface area contributed by atoms with Crippen molar-refractivity contribution in [2.45, 2.75) is 12.0 Å². The van der Waals surface area contributed by atoms with Gasteiger partial charge in [0.1, 0.15) is 0 Å². The Balaban J connectivity index is 2.87. The van der Waals surface area contributed by atoms with Crippen molar-refractivity contribution in [1.29, 1.82) is 0 Å². The summed E-state index contributed by atoms with van der Waals surface area (Å²) in [6, 6.07) is 0. The first-order chi connectivity index (χ1) is 5.12. The van der Waals surface area contributed by atoms with Crippen LogP contribution in [0.25, 0.3) is 0 Å². The predicted octanol–water partition coefficient (Wildman–Crippen LogP) is 1.56. The molecule has 0 aromatic carbocycles. The summed E-state index contributed by atoms with van der Waals surface area (Å²) in [5, 5.41) is 0. The molecule has 0 aliphatic carbocycles. The molecule has 2 atom stereocenters. The lowest BCUT2D eigenvalue weighted by Gasteiger charge is -2.14. The topological polar surface area (TPSA) is 35.5 Å². The maximum atomic E-state index is 13.2. The van der Waals surface area contributed by atoms with Gasteiger partial charge in [0.2, 0.25) is 0 Å². The van der Waals surface area contributed by atoms with Crippen LogP contribution < -0.4 is 0 Å². The molecule has 1 saturated heterocycles. The van der Waals surface area contributed by atoms with E-state index in [4.69, 9.17) is 0 Å². The van der Waals surface area contributed by atoms with E-state index >= 15 is 0 Å². The summed E-state index contributed by atoms with van der Waals surface area (Å²) in [6.07, 6.45) is -0.124. The van der Waals surface area contributed by atoms with Crippen LogP contribution in [0.1, 0.15) is 0 Å². The van der Waals surface area contributed by atoms with E-state index in [-0.39, 0.29) is 0 Å². The summed E-state index contributed by atoms with van der Waals surface area (Å²) < 4.78 is 21.8. The van der Waals surface area contributed by atoms with Gasteiger partial charge in [0.15, 0.2) is 6.10 Å². The lowest BCUT2D eigenvalue weighted by molar-refractivity contribution is -0.0326. The van der Waals surface area contributed by atoms with Gasteiger partial charge >= 0.3 is 12.0 Å². The van der Waals surface area contributed by atoms with E-state index in [1.165, 1.54) is 0 Å². The van der Waals surface area contributed by atoms with E-state index in [1.54, 1.807) is 0 Å². The van der Waals surface area contributed by atoms with Crippen molar-refractivity contribution in [3.8, 4) is 0 Å². The van der Waals surface area contributed by atoms with E-state index in [9.17, 15) is 9.18 Å². The molecular weight excluding hydrogens is 151 g/mol. The average Bonchev–Trinajstić information content (AvgIpc) is 2.27. The number of hydrogen-bond donors (Lipinski definition) is 0. The molecule has 4 heteroatoms. The Morgan fingerprint density at radius 2 is 2.27 bits per heavy atom. The molecule has 1 aliphatic rings. The normalized spacial score (nSPS) is 35.7. The first-order valence-corrected chi connectivity index (χ1v) is 2.97. The maximum absolute atomic E-state index is 13.2. The van der Waals surface area contributed by atoms with Crippen LogP contribution in [0.3, 0.4) is 0 Å². The summed E-state index contributed by atoms with van der Waals surface area (Å²) >= 11 is 0. The summed E-state index contributed by atoms with van der Waals surface area (Å²) in [5.41, 5.74) is 0. The van der Waals surface area contributed by atoms with Gasteiger partial charge in [-0.2, -0.15) is 4.39 Å². The van der Waals surface area contributed by atoms with Crippen molar-refractivity contribution in [1.82, 2.24) is 0 Å². The minimum absolute atomic E-state index is 0.865. The lowest BCUT2D eigenvalue weighted by Crippen LogP contribution is -2.30. The zero-order chi connectivity index (χ0) is 8.48. The van der Waals surface area contributed by atoms with Crippen molar-refractivity contribution in [2.75, 3.05) is 0 Å². The van der Waals surface area contributed by atoms with Crippen molar-refractivity contribution in [3.63, 3.8) is 0 Å². The Morgan fingerprint density at radius 1 is 1.64 bits per heavy atom. The summed E-state index contributed by atoms with van der Waals surface area (Å²) in [6.45, 7) is 6.44. The number of cyclic esters (lactones) is 2. The smallest absolute Gasteiger partial charge is 0.419 e. The van der Waals surface area contributed by atoms with Crippen LogP contribution in [0.4, 0.5) is 9.18 Å². The van der Waals surface area contributed by atoms with Crippen LogP contribution in [-0.4, -0.2) is 18.1 Å². The van der Waals surface area contributed by atoms with Gasteiger partial charge in [0, 0.05) is 0 Å². The second-order valence-electron chi connectivity index (χ2n) is 2.03. The average molecular weight is 158 g/mol. The molecule has 1 fully saturated rings. The van der Waals surface area contributed by atoms with E-state index < -0.39 is 18.1 Å². The molecule has 3 nitrogen and oxygen atoms in total. The fraction of sp³-hybridized carbons (Fsp3) is 0.286. The van der Waals surface area contributed by atoms with Crippen LogP contribution in [0.2, 0.25) is 0 Å². The Hall–Kier alpha value is -1.32. The molecule has 0 saturated carbocycles. The molecule has 60 valence electrons. The molecule has 2 unspecified atom stereocenters. The Kier molecular flexibility index (Phi) is 1.68. The van der Waals surface area contributed by atoms with Crippen molar-refractivity contribution in [2.24, 2.45) is 0 Å². The number of rotatable bonds is 2. The maximum Gasteiger partial charge on any atom is 0.512 e. The van der Waals surface area contributed by atoms with Gasteiger partial charge in [-0.1, -0.05) is 13.2 Å². The van der Waals surface area contributed by atoms with Gasteiger partial charge in [-0.25, -0.2) is 4.79 Å². The van der Waals surface area contributed by atoms with Gasteiger partial charge in [-0.15, -0.1) is 0 Å². The number of halogens is 1. The number of hydrogen-bond acceptors (Lipinski definition) is 3. The van der Waals surface area contributed by atoms with Crippen LogP contribution in [-0.2, 0) is 9.47 Å². The Bertz CT molecular complexity index is 214. The second-order valence-corrected chi connectivity index (χ2v) is 2.03. The molecule has 0 aromatic heterocycles. The molecule has 1 rings (SSSR count). The highest BCUT2D eigenvalue weighted by Gasteiger charge is 2.48. The third-order valence-corrected chi connectivity index (χ3v) is 1.34. The number of carbonyl (C=O) groups is 1. The third-order valence-electron chi connectivity index (χ3n) is 1.34. The quantitative estimate of drug-likeness (QED) is 0.452. The standard InChI is InChI=1S/C7H7FO3/c1-3-5-7(8,4-2)11-6(9)10-5/h3-5H,1-2H2. The minimum Gasteiger partial charge on any atom is -0.419 e. The Labute approximate surface area is 63.1 Å². The van der Waals surface area contributed by atoms with Crippen molar-refractivity contribution < 1.29 is 18.7 Å². The SMILES string of the molecule is C=CC1OC(=O)OC1(F)C=C. The first kappa shape index (κ1) is 7.78. The highest BCUT2D eigenvalue weighted by atomic mass is 19.2. The molecule has 11 heavy (non-hydrogen) atoms. The van der Waals surface area contributed by atoms with Gasteiger partial charge in [-0.3, -0.25) is 0 Å². The molecule has 0 spiro atoms. The van der Waals surface area contributed by atoms with Gasteiger partial charge < -0.3 is 9.47 Å². The van der Waals surface area contributed by atoms with Crippen LogP contribution in [0.5, 0.6) is 0 Å². The number of carbonyl (C=O) groups excluding carboxylic acids is 1. The predicted molar refractivity (Wildman–Crippen MR) is 35.6 cm³/mol. The van der Waals surface area contributed by atoms with E-state index in [0.717, 1.165) is 12.2 Å². The second kappa shape index (κ2) is 2.38. The zero-order valence-electron chi connectivity index (χ0n) is 5.75. The molecule has 0 amide bonds. The molecular formula is C7H7FO3. The molecule has 0 N–H and O–H groups in total. The van der Waals surface area contributed by atoms with E-state index in [2.05, 4.69) is 22.6 Å². The number of alkyl halides is 1. The number of ether oxygens (including phenoxy) is 2. The highest BCUT2D eigenvalue weighted by molar-refractivity contribution is 5.64. The summed E-state index contributed by atoms with van der Waals surface area (Å²) in [4.78, 5) is 10.4. The fourth-order valence-corrected chi connectivity index (χ4v) is 0.761. The highest BCUT2D eigenvalue weighted by Crippen LogP contribution is 2.30. The van der Waals surface area contributed by atoms with Crippen LogP contribution >= 0.6 is 0 Å². The fourth-order valence-electron chi connectivity index (χ4n) is 0.761. The van der Waals surface area contributed by atoms with E-state index in [0.29, 0.717) is 0 Å². The largest absolute Gasteiger partial charge is 0.512 e.